The number of benzene rings is 1. The SMILES string of the molecule is Cc1ccc2[nH]c(O)c(N=N)c2c1Br. The molecule has 1 aromatic heterocycles. The van der Waals surface area contributed by atoms with Crippen molar-refractivity contribution in [2.75, 3.05) is 0 Å². The van der Waals surface area contributed by atoms with E-state index in [0.717, 1.165) is 20.9 Å². The highest BCUT2D eigenvalue weighted by molar-refractivity contribution is 9.10. The van der Waals surface area contributed by atoms with Gasteiger partial charge in [-0.05, 0) is 34.5 Å². The summed E-state index contributed by atoms with van der Waals surface area (Å²) >= 11 is 3.41. The van der Waals surface area contributed by atoms with Gasteiger partial charge in [0.1, 0.15) is 0 Å². The molecule has 3 N–H and O–H groups in total. The monoisotopic (exact) mass is 253 g/mol. The largest absolute Gasteiger partial charge is 0.493 e. The first-order valence-electron chi connectivity index (χ1n) is 4.02. The van der Waals surface area contributed by atoms with Crippen LogP contribution in [0.2, 0.25) is 0 Å². The van der Waals surface area contributed by atoms with Gasteiger partial charge in [0, 0.05) is 9.86 Å². The van der Waals surface area contributed by atoms with Crippen molar-refractivity contribution in [3.05, 3.63) is 22.2 Å². The number of hydrogen-bond acceptors (Lipinski definition) is 3. The predicted molar refractivity (Wildman–Crippen MR) is 57.2 cm³/mol. The number of H-pyrrole nitrogens is 1. The second-order valence-corrected chi connectivity index (χ2v) is 3.85. The van der Waals surface area contributed by atoms with E-state index in [2.05, 4.69) is 26.0 Å². The first-order chi connectivity index (χ1) is 6.65. The van der Waals surface area contributed by atoms with E-state index in [-0.39, 0.29) is 11.6 Å². The summed E-state index contributed by atoms with van der Waals surface area (Å²) in [5.74, 6) is -0.0682. The van der Waals surface area contributed by atoms with Gasteiger partial charge in [-0.3, -0.25) is 0 Å². The molecule has 0 aliphatic rings. The second kappa shape index (κ2) is 3.09. The number of aryl methyl sites for hydroxylation is 1. The lowest BCUT2D eigenvalue weighted by Gasteiger charge is -1.99. The number of hydrogen-bond donors (Lipinski definition) is 3. The summed E-state index contributed by atoms with van der Waals surface area (Å²) in [5.41, 5.74) is 9.06. The summed E-state index contributed by atoms with van der Waals surface area (Å²) in [6.07, 6.45) is 0. The minimum absolute atomic E-state index is 0.0682. The highest BCUT2D eigenvalue weighted by Crippen LogP contribution is 2.40. The summed E-state index contributed by atoms with van der Waals surface area (Å²) in [6.45, 7) is 1.95. The van der Waals surface area contributed by atoms with E-state index in [1.165, 1.54) is 0 Å². The Balaban J connectivity index is 2.97. The van der Waals surface area contributed by atoms with E-state index in [1.54, 1.807) is 0 Å². The molecule has 0 aliphatic heterocycles. The van der Waals surface area contributed by atoms with E-state index in [4.69, 9.17) is 5.53 Å². The Morgan fingerprint density at radius 1 is 1.50 bits per heavy atom. The van der Waals surface area contributed by atoms with Crippen LogP contribution in [-0.2, 0) is 0 Å². The normalized spacial score (nSPS) is 10.7. The van der Waals surface area contributed by atoms with Crippen LogP contribution in [0.25, 0.3) is 10.9 Å². The highest BCUT2D eigenvalue weighted by atomic mass is 79.9. The zero-order chi connectivity index (χ0) is 10.3. The van der Waals surface area contributed by atoms with Crippen LogP contribution in [0.15, 0.2) is 21.7 Å². The van der Waals surface area contributed by atoms with Crippen LogP contribution < -0.4 is 0 Å². The third kappa shape index (κ3) is 1.13. The molecule has 4 nitrogen and oxygen atoms in total. The Labute approximate surface area is 88.6 Å². The summed E-state index contributed by atoms with van der Waals surface area (Å²) in [6, 6.07) is 3.78. The molecule has 5 heteroatoms. The standard InChI is InChI=1S/C9H8BrN3O/c1-4-2-3-5-6(7(4)10)8(13-11)9(14)12-5/h2-3,11-12,14H,1H3. The zero-order valence-electron chi connectivity index (χ0n) is 7.43. The highest BCUT2D eigenvalue weighted by Gasteiger charge is 2.13. The quantitative estimate of drug-likeness (QED) is 0.668. The fourth-order valence-electron chi connectivity index (χ4n) is 1.43. The van der Waals surface area contributed by atoms with Crippen LogP contribution in [0.4, 0.5) is 5.69 Å². The Morgan fingerprint density at radius 2 is 2.21 bits per heavy atom. The molecule has 2 aromatic rings. The summed E-state index contributed by atoms with van der Waals surface area (Å²) in [7, 11) is 0. The van der Waals surface area contributed by atoms with E-state index in [9.17, 15) is 5.11 Å². The second-order valence-electron chi connectivity index (χ2n) is 3.05. The van der Waals surface area contributed by atoms with Crippen molar-refractivity contribution in [1.82, 2.24) is 4.98 Å². The van der Waals surface area contributed by atoms with Gasteiger partial charge < -0.3 is 10.1 Å². The molecule has 0 atom stereocenters. The van der Waals surface area contributed by atoms with Crippen molar-refractivity contribution in [3.63, 3.8) is 0 Å². The number of aromatic amines is 1. The smallest absolute Gasteiger partial charge is 0.218 e. The van der Waals surface area contributed by atoms with Gasteiger partial charge in [0.15, 0.2) is 5.69 Å². The van der Waals surface area contributed by atoms with Gasteiger partial charge in [-0.15, -0.1) is 0 Å². The third-order valence-corrected chi connectivity index (χ3v) is 3.18. The van der Waals surface area contributed by atoms with Crippen LogP contribution in [0.5, 0.6) is 5.88 Å². The molecule has 2 rings (SSSR count). The number of fused-ring (bicyclic) bond motifs is 1. The lowest BCUT2D eigenvalue weighted by atomic mass is 10.1. The third-order valence-electron chi connectivity index (χ3n) is 2.16. The average Bonchev–Trinajstić information content (AvgIpc) is 2.48. The number of halogens is 1. The van der Waals surface area contributed by atoms with Crippen molar-refractivity contribution in [1.29, 1.82) is 5.53 Å². The van der Waals surface area contributed by atoms with Crippen LogP contribution in [0, 0.1) is 12.5 Å². The maximum atomic E-state index is 9.46. The predicted octanol–water partition coefficient (Wildman–Crippen LogP) is 3.61. The molecule has 0 unspecified atom stereocenters. The minimum Gasteiger partial charge on any atom is -0.493 e. The zero-order valence-corrected chi connectivity index (χ0v) is 9.01. The van der Waals surface area contributed by atoms with E-state index < -0.39 is 0 Å². The molecule has 1 heterocycles. The lowest BCUT2D eigenvalue weighted by molar-refractivity contribution is 0.459. The fourth-order valence-corrected chi connectivity index (χ4v) is 1.96. The minimum atomic E-state index is -0.0682. The molecule has 1 aromatic carbocycles. The first kappa shape index (κ1) is 9.21. The van der Waals surface area contributed by atoms with Crippen LogP contribution in [0.1, 0.15) is 5.56 Å². The molecule has 0 amide bonds. The maximum absolute atomic E-state index is 9.46. The van der Waals surface area contributed by atoms with Gasteiger partial charge in [-0.1, -0.05) is 6.07 Å². The molecule has 0 aliphatic carbocycles. The molecule has 0 fully saturated rings. The van der Waals surface area contributed by atoms with Crippen molar-refractivity contribution >= 4 is 32.5 Å². The lowest BCUT2D eigenvalue weighted by Crippen LogP contribution is -1.76. The van der Waals surface area contributed by atoms with Gasteiger partial charge in [0.2, 0.25) is 5.88 Å². The molecule has 0 saturated heterocycles. The van der Waals surface area contributed by atoms with Crippen LogP contribution in [0.3, 0.4) is 0 Å². The summed E-state index contributed by atoms with van der Waals surface area (Å²) in [4.78, 5) is 2.76. The van der Waals surface area contributed by atoms with Gasteiger partial charge >= 0.3 is 0 Å². The summed E-state index contributed by atoms with van der Waals surface area (Å²) in [5, 5.41) is 13.5. The topological polar surface area (TPSA) is 72.2 Å². The van der Waals surface area contributed by atoms with Gasteiger partial charge in [-0.2, -0.15) is 5.11 Å². The number of aromatic nitrogens is 1. The average molecular weight is 254 g/mol. The Kier molecular flexibility index (Phi) is 2.03. The molecule has 0 bridgehead atoms. The molecule has 0 saturated carbocycles. The van der Waals surface area contributed by atoms with E-state index in [1.807, 2.05) is 19.1 Å². The number of nitrogens with zero attached hydrogens (tertiary/aromatic N) is 1. The van der Waals surface area contributed by atoms with Crippen molar-refractivity contribution < 1.29 is 5.11 Å². The Bertz CT molecular complexity index is 518. The molecule has 0 spiro atoms. The van der Waals surface area contributed by atoms with Gasteiger partial charge in [-0.25, -0.2) is 5.53 Å². The van der Waals surface area contributed by atoms with E-state index in [0.29, 0.717) is 0 Å². The summed E-state index contributed by atoms with van der Waals surface area (Å²) < 4.78 is 0.859. The van der Waals surface area contributed by atoms with Crippen LogP contribution >= 0.6 is 15.9 Å². The fraction of sp³-hybridized carbons (Fsp3) is 0.111. The molecule has 72 valence electrons. The Hall–Kier alpha value is -1.36. The van der Waals surface area contributed by atoms with Crippen molar-refractivity contribution in [2.24, 2.45) is 5.11 Å². The van der Waals surface area contributed by atoms with Crippen molar-refractivity contribution in [2.45, 2.75) is 6.92 Å². The molecular formula is C9H8BrN3O. The van der Waals surface area contributed by atoms with Gasteiger partial charge in [0.05, 0.1) is 5.52 Å². The first-order valence-corrected chi connectivity index (χ1v) is 4.81. The molecule has 14 heavy (non-hydrogen) atoms. The van der Waals surface area contributed by atoms with Crippen LogP contribution in [-0.4, -0.2) is 10.1 Å². The number of nitrogens with one attached hydrogen (secondary N) is 2. The molecule has 0 radical (unpaired) electrons. The number of rotatable bonds is 1. The van der Waals surface area contributed by atoms with E-state index >= 15 is 0 Å². The van der Waals surface area contributed by atoms with Gasteiger partial charge in [0.25, 0.3) is 0 Å². The Morgan fingerprint density at radius 3 is 2.86 bits per heavy atom. The van der Waals surface area contributed by atoms with Crippen molar-refractivity contribution in [3.8, 4) is 5.88 Å². The number of aromatic hydroxyl groups is 1. The molecular weight excluding hydrogens is 246 g/mol. The maximum Gasteiger partial charge on any atom is 0.218 e.